The Kier molecular flexibility index (Phi) is 4.23. The van der Waals surface area contributed by atoms with Crippen LogP contribution < -0.4 is 0 Å². The van der Waals surface area contributed by atoms with Crippen LogP contribution >= 0.6 is 0 Å². The number of benzene rings is 2. The van der Waals surface area contributed by atoms with E-state index in [4.69, 9.17) is 4.74 Å². The second-order valence-electron chi connectivity index (χ2n) is 6.54. The molecule has 0 saturated heterocycles. The van der Waals surface area contributed by atoms with Crippen LogP contribution in [0.1, 0.15) is 25.0 Å². The Hall–Kier alpha value is -2.54. The molecule has 0 radical (unpaired) electrons. The number of sulfone groups is 1. The van der Waals surface area contributed by atoms with Gasteiger partial charge in [0.1, 0.15) is 17.4 Å². The minimum Gasteiger partial charge on any atom is -0.478 e. The number of hydrogen-bond donors (Lipinski definition) is 0. The molecule has 1 aliphatic heterocycles. The summed E-state index contributed by atoms with van der Waals surface area (Å²) in [4.78, 5) is 12.5. The first-order valence-electron chi connectivity index (χ1n) is 7.75. The molecule has 0 aromatic heterocycles. The van der Waals surface area contributed by atoms with Gasteiger partial charge in [0.2, 0.25) is 5.78 Å². The summed E-state index contributed by atoms with van der Waals surface area (Å²) in [6.45, 7) is 3.01. The van der Waals surface area contributed by atoms with Crippen LogP contribution in [-0.4, -0.2) is 26.1 Å². The van der Waals surface area contributed by atoms with Crippen LogP contribution in [0.4, 0.5) is 8.78 Å². The monoisotopic (exact) mass is 378 g/mol. The van der Waals surface area contributed by atoms with Crippen LogP contribution in [0, 0.1) is 11.6 Å². The molecule has 1 aliphatic rings. The fourth-order valence-corrected chi connectivity index (χ4v) is 3.40. The van der Waals surface area contributed by atoms with Crippen LogP contribution in [-0.2, 0) is 19.4 Å². The molecule has 1 heterocycles. The van der Waals surface area contributed by atoms with Crippen molar-refractivity contribution in [2.24, 2.45) is 0 Å². The Bertz CT molecular complexity index is 1050. The van der Waals surface area contributed by atoms with E-state index in [1.165, 1.54) is 44.2 Å². The Morgan fingerprint density at radius 3 is 2.19 bits per heavy atom. The zero-order valence-electron chi connectivity index (χ0n) is 14.3. The lowest BCUT2D eigenvalue weighted by Gasteiger charge is -2.18. The van der Waals surface area contributed by atoms with Gasteiger partial charge in [-0.25, -0.2) is 17.2 Å². The van der Waals surface area contributed by atoms with Gasteiger partial charge in [-0.3, -0.25) is 4.79 Å². The number of carbonyl (C=O) groups excluding carboxylic acids is 1. The van der Waals surface area contributed by atoms with Crippen molar-refractivity contribution in [3.63, 3.8) is 0 Å². The molecule has 0 spiro atoms. The average Bonchev–Trinajstić information content (AvgIpc) is 2.77. The van der Waals surface area contributed by atoms with E-state index in [-0.39, 0.29) is 27.4 Å². The summed E-state index contributed by atoms with van der Waals surface area (Å²) in [7, 11) is -3.60. The molecule has 0 aliphatic carbocycles. The highest BCUT2D eigenvalue weighted by molar-refractivity contribution is 7.90. The Balaban J connectivity index is 2.26. The molecule has 136 valence electrons. The van der Waals surface area contributed by atoms with Crippen molar-refractivity contribution in [2.75, 3.05) is 6.26 Å². The molecule has 26 heavy (non-hydrogen) atoms. The minimum absolute atomic E-state index is 0.00432. The number of carbonyl (C=O) groups is 1. The summed E-state index contributed by atoms with van der Waals surface area (Å²) in [5.41, 5.74) is -1.46. The zero-order chi connectivity index (χ0) is 19.3. The first-order valence-corrected chi connectivity index (χ1v) is 9.64. The predicted molar refractivity (Wildman–Crippen MR) is 92.9 cm³/mol. The highest BCUT2D eigenvalue weighted by Gasteiger charge is 2.44. The number of ether oxygens (including phenoxy) is 1. The third-order valence-electron chi connectivity index (χ3n) is 4.11. The van der Waals surface area contributed by atoms with Crippen molar-refractivity contribution in [1.29, 1.82) is 0 Å². The Morgan fingerprint density at radius 2 is 1.62 bits per heavy atom. The second kappa shape index (κ2) is 6.02. The lowest BCUT2D eigenvalue weighted by atomic mass is 9.92. The van der Waals surface area contributed by atoms with Gasteiger partial charge in [-0.15, -0.1) is 0 Å². The highest BCUT2D eigenvalue weighted by Crippen LogP contribution is 2.42. The lowest BCUT2D eigenvalue weighted by Crippen LogP contribution is -2.29. The fraction of sp³-hybridized carbons (Fsp3) is 0.211. The minimum atomic E-state index is -3.60. The molecule has 0 fully saturated rings. The van der Waals surface area contributed by atoms with Crippen LogP contribution in [0.2, 0.25) is 0 Å². The molecule has 0 N–H and O–H groups in total. The van der Waals surface area contributed by atoms with Gasteiger partial charge in [0, 0.05) is 11.8 Å². The predicted octanol–water partition coefficient (Wildman–Crippen LogP) is 3.61. The average molecular weight is 378 g/mol. The third-order valence-corrected chi connectivity index (χ3v) is 5.22. The van der Waals surface area contributed by atoms with E-state index in [1.807, 2.05) is 0 Å². The normalized spacial score (nSPS) is 16.7. The van der Waals surface area contributed by atoms with E-state index in [2.05, 4.69) is 0 Å². The van der Waals surface area contributed by atoms with Crippen molar-refractivity contribution in [3.8, 4) is 0 Å². The molecule has 2 aromatic rings. The maximum atomic E-state index is 14.6. The third kappa shape index (κ3) is 3.03. The summed E-state index contributed by atoms with van der Waals surface area (Å²) in [6, 6.07) is 8.94. The van der Waals surface area contributed by atoms with E-state index in [9.17, 15) is 22.0 Å². The zero-order valence-corrected chi connectivity index (χ0v) is 15.2. The van der Waals surface area contributed by atoms with Crippen LogP contribution in [0.3, 0.4) is 0 Å². The quantitative estimate of drug-likeness (QED) is 0.819. The summed E-state index contributed by atoms with van der Waals surface area (Å²) in [6.07, 6.45) is 0.962. The van der Waals surface area contributed by atoms with E-state index in [0.717, 1.165) is 12.3 Å². The summed E-state index contributed by atoms with van der Waals surface area (Å²) in [5, 5.41) is 0. The van der Waals surface area contributed by atoms with Crippen molar-refractivity contribution in [3.05, 3.63) is 65.2 Å². The molecular weight excluding hydrogens is 362 g/mol. The molecular formula is C19H16F2O4S. The van der Waals surface area contributed by atoms with Gasteiger partial charge < -0.3 is 4.74 Å². The SMILES string of the molecule is CC1(C)OC(c2ccc(S(C)(=O)=O)cc2F)=C(c2ccccc2F)C1=O. The molecule has 4 nitrogen and oxygen atoms in total. The molecule has 0 amide bonds. The van der Waals surface area contributed by atoms with Gasteiger partial charge in [-0.1, -0.05) is 18.2 Å². The maximum Gasteiger partial charge on any atom is 0.210 e. The van der Waals surface area contributed by atoms with Gasteiger partial charge in [0.25, 0.3) is 0 Å². The van der Waals surface area contributed by atoms with Gasteiger partial charge in [0.15, 0.2) is 15.4 Å². The molecule has 0 saturated carbocycles. The first-order chi connectivity index (χ1) is 12.0. The van der Waals surface area contributed by atoms with Crippen LogP contribution in [0.25, 0.3) is 11.3 Å². The summed E-state index contributed by atoms with van der Waals surface area (Å²) < 4.78 is 57.7. The fourth-order valence-electron chi connectivity index (χ4n) is 2.77. The van der Waals surface area contributed by atoms with Crippen molar-refractivity contribution < 1.29 is 26.7 Å². The Labute approximate surface area is 150 Å². The van der Waals surface area contributed by atoms with Crippen molar-refractivity contribution in [2.45, 2.75) is 24.3 Å². The number of rotatable bonds is 3. The van der Waals surface area contributed by atoms with Gasteiger partial charge in [-0.05, 0) is 38.1 Å². The van der Waals surface area contributed by atoms with E-state index >= 15 is 0 Å². The molecule has 3 rings (SSSR count). The van der Waals surface area contributed by atoms with Crippen LogP contribution in [0.15, 0.2) is 47.4 Å². The van der Waals surface area contributed by atoms with Crippen LogP contribution in [0.5, 0.6) is 0 Å². The van der Waals surface area contributed by atoms with Gasteiger partial charge in [0.05, 0.1) is 16.0 Å². The smallest absolute Gasteiger partial charge is 0.210 e. The van der Waals surface area contributed by atoms with Crippen molar-refractivity contribution >= 4 is 27.0 Å². The van der Waals surface area contributed by atoms with Gasteiger partial charge >= 0.3 is 0 Å². The maximum absolute atomic E-state index is 14.6. The summed E-state index contributed by atoms with van der Waals surface area (Å²) in [5.74, 6) is -2.10. The van der Waals surface area contributed by atoms with E-state index in [1.54, 1.807) is 6.07 Å². The highest BCUT2D eigenvalue weighted by atomic mass is 32.2. The largest absolute Gasteiger partial charge is 0.478 e. The Morgan fingerprint density at radius 1 is 0.962 bits per heavy atom. The van der Waals surface area contributed by atoms with E-state index < -0.39 is 32.9 Å². The number of Topliss-reactive ketones (excluding diaryl/α,β-unsaturated/α-hetero) is 1. The van der Waals surface area contributed by atoms with Crippen molar-refractivity contribution in [1.82, 2.24) is 0 Å². The molecule has 0 atom stereocenters. The van der Waals surface area contributed by atoms with E-state index in [0.29, 0.717) is 0 Å². The molecule has 2 aromatic carbocycles. The number of hydrogen-bond acceptors (Lipinski definition) is 4. The first kappa shape index (κ1) is 18.3. The lowest BCUT2D eigenvalue weighted by molar-refractivity contribution is -0.125. The topological polar surface area (TPSA) is 60.4 Å². The molecule has 0 bridgehead atoms. The molecule has 0 unspecified atom stereocenters. The van der Waals surface area contributed by atoms with Gasteiger partial charge in [-0.2, -0.15) is 0 Å². The second-order valence-corrected chi connectivity index (χ2v) is 8.56. The number of ketones is 1. The molecule has 7 heteroatoms. The standard InChI is InChI=1S/C19H16F2O4S/c1-19(2)18(22)16(12-6-4-5-7-14(12)20)17(25-19)13-9-8-11(10-15(13)21)26(3,23)24/h4-10H,1-3H3. The summed E-state index contributed by atoms with van der Waals surface area (Å²) >= 11 is 0. The number of halogens is 2.